The van der Waals surface area contributed by atoms with E-state index in [0.29, 0.717) is 25.3 Å². The molecule has 1 N–H and O–H groups in total. The summed E-state index contributed by atoms with van der Waals surface area (Å²) in [7, 11) is 0. The van der Waals surface area contributed by atoms with E-state index in [4.69, 9.17) is 0 Å². The molecule has 2 heterocycles. The second kappa shape index (κ2) is 9.60. The third-order valence-electron chi connectivity index (χ3n) is 3.72. The van der Waals surface area contributed by atoms with E-state index in [1.165, 1.54) is 6.20 Å². The number of aryl methyl sites for hydroxylation is 1. The Morgan fingerprint density at radius 1 is 1.15 bits per heavy atom. The van der Waals surface area contributed by atoms with Crippen molar-refractivity contribution in [3.63, 3.8) is 0 Å². The maximum atomic E-state index is 12.7. The molecular weight excluding hydrogens is 330 g/mol. The molecule has 7 heteroatoms. The van der Waals surface area contributed by atoms with Gasteiger partial charge in [0.2, 0.25) is 5.91 Å². The summed E-state index contributed by atoms with van der Waals surface area (Å²) in [6, 6.07) is 3.70. The Hall–Kier alpha value is -2.83. The lowest BCUT2D eigenvalue weighted by molar-refractivity contribution is -0.121. The molecule has 7 nitrogen and oxygen atoms in total. The van der Waals surface area contributed by atoms with Gasteiger partial charge in [-0.1, -0.05) is 13.8 Å². The molecule has 138 valence electrons. The fourth-order valence-electron chi connectivity index (χ4n) is 2.41. The molecule has 0 aliphatic rings. The predicted molar refractivity (Wildman–Crippen MR) is 98.2 cm³/mol. The fourth-order valence-corrected chi connectivity index (χ4v) is 2.41. The molecule has 2 amide bonds. The van der Waals surface area contributed by atoms with Crippen LogP contribution >= 0.6 is 0 Å². The Labute approximate surface area is 153 Å². The normalized spacial score (nSPS) is 10.6. The number of rotatable bonds is 8. The second-order valence-electron chi connectivity index (χ2n) is 6.57. The lowest BCUT2D eigenvalue weighted by Gasteiger charge is -2.24. The number of hydrogen-bond acceptors (Lipinski definition) is 5. The first-order chi connectivity index (χ1) is 12.5. The Morgan fingerprint density at radius 3 is 2.50 bits per heavy atom. The Balaban J connectivity index is 1.91. The third kappa shape index (κ3) is 6.23. The van der Waals surface area contributed by atoms with Gasteiger partial charge in [0.15, 0.2) is 0 Å². The molecule has 2 aromatic heterocycles. The van der Waals surface area contributed by atoms with E-state index < -0.39 is 0 Å². The molecule has 0 fully saturated rings. The third-order valence-corrected chi connectivity index (χ3v) is 3.72. The molecular formula is C19H25N5O2. The number of nitrogens with one attached hydrogen (secondary N) is 1. The van der Waals surface area contributed by atoms with Gasteiger partial charge in [-0.25, -0.2) is 4.98 Å². The summed E-state index contributed by atoms with van der Waals surface area (Å²) >= 11 is 0. The molecule has 0 bridgehead atoms. The van der Waals surface area contributed by atoms with Gasteiger partial charge in [-0.15, -0.1) is 0 Å². The number of amides is 2. The standard InChI is InChI=1S/C19H25N5O2/c1-14(2)13-24(19(26)17-12-21-15(3)10-22-17)9-6-18(25)23-11-16-4-7-20-8-5-16/h4-5,7-8,10,12,14H,6,9,11,13H2,1-3H3,(H,23,25). The lowest BCUT2D eigenvalue weighted by Crippen LogP contribution is -2.38. The molecule has 0 radical (unpaired) electrons. The molecule has 0 atom stereocenters. The number of hydrogen-bond donors (Lipinski definition) is 1. The van der Waals surface area contributed by atoms with Crippen LogP contribution in [0.5, 0.6) is 0 Å². The van der Waals surface area contributed by atoms with Crippen LogP contribution in [0.2, 0.25) is 0 Å². The van der Waals surface area contributed by atoms with Crippen molar-refractivity contribution in [2.75, 3.05) is 13.1 Å². The predicted octanol–water partition coefficient (Wildman–Crippen LogP) is 1.98. The molecule has 26 heavy (non-hydrogen) atoms. The molecule has 0 saturated carbocycles. The van der Waals surface area contributed by atoms with Crippen LogP contribution < -0.4 is 5.32 Å². The van der Waals surface area contributed by atoms with Crippen LogP contribution in [0, 0.1) is 12.8 Å². The summed E-state index contributed by atoms with van der Waals surface area (Å²) in [4.78, 5) is 38.7. The molecule has 0 aliphatic heterocycles. The van der Waals surface area contributed by atoms with Gasteiger partial charge in [-0.2, -0.15) is 0 Å². The molecule has 0 aromatic carbocycles. The number of aromatic nitrogens is 3. The van der Waals surface area contributed by atoms with Crippen molar-refractivity contribution in [2.24, 2.45) is 5.92 Å². The summed E-state index contributed by atoms with van der Waals surface area (Å²) < 4.78 is 0. The van der Waals surface area contributed by atoms with E-state index in [2.05, 4.69) is 20.3 Å². The quantitative estimate of drug-likeness (QED) is 0.782. The van der Waals surface area contributed by atoms with Gasteiger partial charge in [0.25, 0.3) is 5.91 Å². The van der Waals surface area contributed by atoms with Crippen LogP contribution in [-0.2, 0) is 11.3 Å². The largest absolute Gasteiger partial charge is 0.352 e. The van der Waals surface area contributed by atoms with Crippen molar-refractivity contribution >= 4 is 11.8 Å². The van der Waals surface area contributed by atoms with E-state index in [1.807, 2.05) is 32.9 Å². The van der Waals surface area contributed by atoms with Gasteiger partial charge in [-0.05, 0) is 30.5 Å². The van der Waals surface area contributed by atoms with Crippen molar-refractivity contribution in [3.05, 3.63) is 53.9 Å². The van der Waals surface area contributed by atoms with E-state index in [9.17, 15) is 9.59 Å². The van der Waals surface area contributed by atoms with Gasteiger partial charge in [-0.3, -0.25) is 19.6 Å². The first kappa shape index (κ1) is 19.5. The highest BCUT2D eigenvalue weighted by atomic mass is 16.2. The van der Waals surface area contributed by atoms with Crippen molar-refractivity contribution in [2.45, 2.75) is 33.7 Å². The average molecular weight is 355 g/mol. The Kier molecular flexibility index (Phi) is 7.20. The van der Waals surface area contributed by atoms with Crippen LogP contribution in [0.4, 0.5) is 0 Å². The molecule has 2 aromatic rings. The van der Waals surface area contributed by atoms with E-state index >= 15 is 0 Å². The number of nitrogens with zero attached hydrogens (tertiary/aromatic N) is 4. The Bertz CT molecular complexity index is 716. The van der Waals surface area contributed by atoms with Crippen LogP contribution in [-0.4, -0.2) is 44.8 Å². The molecule has 0 saturated heterocycles. The minimum atomic E-state index is -0.201. The van der Waals surface area contributed by atoms with Crippen molar-refractivity contribution < 1.29 is 9.59 Å². The topological polar surface area (TPSA) is 88.1 Å². The first-order valence-electron chi connectivity index (χ1n) is 8.69. The van der Waals surface area contributed by atoms with Crippen LogP contribution in [0.25, 0.3) is 0 Å². The highest BCUT2D eigenvalue weighted by Gasteiger charge is 2.19. The SMILES string of the molecule is Cc1cnc(C(=O)N(CCC(=O)NCc2ccncc2)CC(C)C)cn1. The summed E-state index contributed by atoms with van der Waals surface area (Å²) in [5, 5.41) is 2.86. The zero-order valence-electron chi connectivity index (χ0n) is 15.5. The summed E-state index contributed by atoms with van der Waals surface area (Å²) in [5.74, 6) is -0.0104. The zero-order valence-corrected chi connectivity index (χ0v) is 15.5. The number of carbonyl (C=O) groups is 2. The van der Waals surface area contributed by atoms with E-state index in [-0.39, 0.29) is 24.2 Å². The van der Waals surface area contributed by atoms with Gasteiger partial charge >= 0.3 is 0 Å². The van der Waals surface area contributed by atoms with Crippen LogP contribution in [0.1, 0.15) is 42.0 Å². The highest BCUT2D eigenvalue weighted by molar-refractivity contribution is 5.92. The minimum Gasteiger partial charge on any atom is -0.352 e. The summed E-state index contributed by atoms with van der Waals surface area (Å²) in [6.45, 7) is 7.24. The van der Waals surface area contributed by atoms with Crippen molar-refractivity contribution in [3.8, 4) is 0 Å². The second-order valence-corrected chi connectivity index (χ2v) is 6.57. The molecule has 2 rings (SSSR count). The monoisotopic (exact) mass is 355 g/mol. The molecule has 0 unspecified atom stereocenters. The highest BCUT2D eigenvalue weighted by Crippen LogP contribution is 2.07. The van der Waals surface area contributed by atoms with E-state index in [0.717, 1.165) is 11.3 Å². The molecule has 0 spiro atoms. The lowest BCUT2D eigenvalue weighted by atomic mass is 10.2. The van der Waals surface area contributed by atoms with Crippen LogP contribution in [0.15, 0.2) is 36.9 Å². The van der Waals surface area contributed by atoms with Crippen molar-refractivity contribution in [1.82, 2.24) is 25.2 Å². The number of carbonyl (C=O) groups excluding carboxylic acids is 2. The van der Waals surface area contributed by atoms with Gasteiger partial charge in [0.05, 0.1) is 11.9 Å². The summed E-state index contributed by atoms with van der Waals surface area (Å²) in [6.07, 6.45) is 6.67. The van der Waals surface area contributed by atoms with Gasteiger partial charge in [0.1, 0.15) is 5.69 Å². The van der Waals surface area contributed by atoms with Crippen LogP contribution in [0.3, 0.4) is 0 Å². The first-order valence-corrected chi connectivity index (χ1v) is 8.69. The zero-order chi connectivity index (χ0) is 18.9. The Morgan fingerprint density at radius 2 is 1.88 bits per heavy atom. The van der Waals surface area contributed by atoms with Gasteiger partial charge < -0.3 is 10.2 Å². The maximum Gasteiger partial charge on any atom is 0.274 e. The minimum absolute atomic E-state index is 0.0987. The average Bonchev–Trinajstić information content (AvgIpc) is 2.64. The maximum absolute atomic E-state index is 12.7. The molecule has 0 aliphatic carbocycles. The number of pyridine rings is 1. The van der Waals surface area contributed by atoms with E-state index in [1.54, 1.807) is 23.5 Å². The summed E-state index contributed by atoms with van der Waals surface area (Å²) in [5.41, 5.74) is 2.04. The smallest absolute Gasteiger partial charge is 0.274 e. The van der Waals surface area contributed by atoms with Gasteiger partial charge in [0, 0.05) is 44.6 Å². The van der Waals surface area contributed by atoms with Crippen molar-refractivity contribution in [1.29, 1.82) is 0 Å². The fraction of sp³-hybridized carbons (Fsp3) is 0.421.